The van der Waals surface area contributed by atoms with Gasteiger partial charge < -0.3 is 10.6 Å². The standard InChI is InChI=1S/C16H24FN3O3S/c1-24(22,23)19-10-9-18-16(21)20-15-4-2-3-13(15)11-12-5-7-14(17)8-6-12/h5-8,13,15,19H,2-4,9-11H2,1H3,(H2,18,20,21)/t13-,15-/m0/s1. The van der Waals surface area contributed by atoms with Crippen LogP contribution in [-0.2, 0) is 16.4 Å². The highest BCUT2D eigenvalue weighted by atomic mass is 32.2. The molecule has 0 saturated heterocycles. The summed E-state index contributed by atoms with van der Waals surface area (Å²) in [5.74, 6) is 0.0808. The van der Waals surface area contributed by atoms with Crippen molar-refractivity contribution < 1.29 is 17.6 Å². The summed E-state index contributed by atoms with van der Waals surface area (Å²) >= 11 is 0. The zero-order chi connectivity index (χ0) is 17.6. The lowest BCUT2D eigenvalue weighted by atomic mass is 9.94. The molecule has 134 valence electrons. The van der Waals surface area contributed by atoms with E-state index in [4.69, 9.17) is 0 Å². The lowest BCUT2D eigenvalue weighted by molar-refractivity contribution is 0.233. The number of rotatable bonds is 7. The third-order valence-corrected chi connectivity index (χ3v) is 4.89. The van der Waals surface area contributed by atoms with Gasteiger partial charge in [-0.2, -0.15) is 0 Å². The molecule has 0 aromatic heterocycles. The summed E-state index contributed by atoms with van der Waals surface area (Å²) in [5.41, 5.74) is 1.06. The Morgan fingerprint density at radius 3 is 2.58 bits per heavy atom. The number of hydrogen-bond acceptors (Lipinski definition) is 3. The average Bonchev–Trinajstić information content (AvgIpc) is 2.92. The van der Waals surface area contributed by atoms with E-state index in [0.29, 0.717) is 5.92 Å². The summed E-state index contributed by atoms with van der Waals surface area (Å²) in [4.78, 5) is 11.9. The highest BCUT2D eigenvalue weighted by Gasteiger charge is 2.28. The van der Waals surface area contributed by atoms with Crippen LogP contribution in [0, 0.1) is 11.7 Å². The molecule has 2 amide bonds. The van der Waals surface area contributed by atoms with Crippen molar-refractivity contribution in [3.05, 3.63) is 35.6 Å². The van der Waals surface area contributed by atoms with Crippen LogP contribution in [0.4, 0.5) is 9.18 Å². The van der Waals surface area contributed by atoms with E-state index in [9.17, 15) is 17.6 Å². The van der Waals surface area contributed by atoms with Gasteiger partial charge in [0.15, 0.2) is 0 Å². The average molecular weight is 357 g/mol. The van der Waals surface area contributed by atoms with Crippen LogP contribution >= 0.6 is 0 Å². The molecule has 1 aliphatic rings. The second-order valence-corrected chi connectivity index (χ2v) is 8.03. The minimum Gasteiger partial charge on any atom is -0.337 e. The summed E-state index contributed by atoms with van der Waals surface area (Å²) in [7, 11) is -3.24. The first-order valence-electron chi connectivity index (χ1n) is 8.07. The molecule has 0 aliphatic heterocycles. The van der Waals surface area contributed by atoms with Gasteiger partial charge >= 0.3 is 6.03 Å². The zero-order valence-corrected chi connectivity index (χ0v) is 14.5. The lowest BCUT2D eigenvalue weighted by Crippen LogP contribution is -2.46. The lowest BCUT2D eigenvalue weighted by Gasteiger charge is -2.21. The molecule has 3 N–H and O–H groups in total. The minimum absolute atomic E-state index is 0.0814. The normalized spacial score (nSPS) is 20.8. The van der Waals surface area contributed by atoms with E-state index in [1.807, 2.05) is 0 Å². The predicted molar refractivity (Wildman–Crippen MR) is 90.6 cm³/mol. The van der Waals surface area contributed by atoms with Gasteiger partial charge in [0, 0.05) is 19.1 Å². The minimum atomic E-state index is -3.24. The fourth-order valence-electron chi connectivity index (χ4n) is 3.03. The SMILES string of the molecule is CS(=O)(=O)NCCNC(=O)N[C@H]1CCC[C@H]1Cc1ccc(F)cc1. The molecule has 0 spiro atoms. The Labute approximate surface area is 142 Å². The summed E-state index contributed by atoms with van der Waals surface area (Å²) in [5, 5.41) is 5.60. The molecule has 1 aromatic rings. The van der Waals surface area contributed by atoms with Crippen LogP contribution < -0.4 is 15.4 Å². The number of nitrogens with one attached hydrogen (secondary N) is 3. The number of halogens is 1. The number of urea groups is 1. The summed E-state index contributed by atoms with van der Waals surface area (Å²) in [6, 6.07) is 6.25. The Morgan fingerprint density at radius 1 is 1.21 bits per heavy atom. The first-order chi connectivity index (χ1) is 11.3. The maximum atomic E-state index is 13.0. The van der Waals surface area contributed by atoms with Crippen molar-refractivity contribution in [1.29, 1.82) is 0 Å². The van der Waals surface area contributed by atoms with Crippen molar-refractivity contribution in [1.82, 2.24) is 15.4 Å². The molecule has 0 unspecified atom stereocenters. The molecule has 1 aromatic carbocycles. The molecule has 1 saturated carbocycles. The van der Waals surface area contributed by atoms with Crippen LogP contribution in [0.5, 0.6) is 0 Å². The molecule has 0 radical (unpaired) electrons. The predicted octanol–water partition coefficient (Wildman–Crippen LogP) is 1.39. The van der Waals surface area contributed by atoms with E-state index in [1.54, 1.807) is 12.1 Å². The summed E-state index contributed by atoms with van der Waals surface area (Å²) < 4.78 is 37.1. The zero-order valence-electron chi connectivity index (χ0n) is 13.7. The Hall–Kier alpha value is -1.67. The van der Waals surface area contributed by atoms with Gasteiger partial charge in [-0.3, -0.25) is 0 Å². The van der Waals surface area contributed by atoms with Crippen molar-refractivity contribution >= 4 is 16.1 Å². The highest BCUT2D eigenvalue weighted by Crippen LogP contribution is 2.28. The van der Waals surface area contributed by atoms with Gasteiger partial charge in [0.25, 0.3) is 0 Å². The van der Waals surface area contributed by atoms with E-state index in [-0.39, 0.29) is 31.0 Å². The smallest absolute Gasteiger partial charge is 0.315 e. The van der Waals surface area contributed by atoms with E-state index >= 15 is 0 Å². The fraction of sp³-hybridized carbons (Fsp3) is 0.562. The highest BCUT2D eigenvalue weighted by molar-refractivity contribution is 7.88. The molecule has 2 rings (SSSR count). The Balaban J connectivity index is 1.76. The van der Waals surface area contributed by atoms with E-state index in [0.717, 1.165) is 37.5 Å². The van der Waals surface area contributed by atoms with Crippen LogP contribution in [0.1, 0.15) is 24.8 Å². The quantitative estimate of drug-likeness (QED) is 0.645. The molecule has 8 heteroatoms. The number of sulfonamides is 1. The monoisotopic (exact) mass is 357 g/mol. The van der Waals surface area contributed by atoms with E-state index < -0.39 is 10.0 Å². The number of carbonyl (C=O) groups excluding carboxylic acids is 1. The molecule has 0 bridgehead atoms. The Morgan fingerprint density at radius 2 is 1.92 bits per heavy atom. The van der Waals surface area contributed by atoms with E-state index in [2.05, 4.69) is 15.4 Å². The third-order valence-electron chi connectivity index (χ3n) is 4.16. The van der Waals surface area contributed by atoms with Gasteiger partial charge in [0.2, 0.25) is 10.0 Å². The largest absolute Gasteiger partial charge is 0.337 e. The van der Waals surface area contributed by atoms with Gasteiger partial charge in [-0.25, -0.2) is 22.3 Å². The molecule has 6 nitrogen and oxygen atoms in total. The molecule has 1 aliphatic carbocycles. The number of hydrogen-bond donors (Lipinski definition) is 3. The molecular formula is C16H24FN3O3S. The van der Waals surface area contributed by atoms with Crippen LogP contribution in [0.3, 0.4) is 0 Å². The van der Waals surface area contributed by atoms with Gasteiger partial charge in [-0.1, -0.05) is 18.6 Å². The topological polar surface area (TPSA) is 87.3 Å². The second kappa shape index (κ2) is 8.43. The molecule has 24 heavy (non-hydrogen) atoms. The maximum Gasteiger partial charge on any atom is 0.315 e. The van der Waals surface area contributed by atoms with Crippen LogP contribution in [-0.4, -0.2) is 39.8 Å². The Kier molecular flexibility index (Phi) is 6.56. The van der Waals surface area contributed by atoms with E-state index in [1.165, 1.54) is 12.1 Å². The maximum absolute atomic E-state index is 13.0. The second-order valence-electron chi connectivity index (χ2n) is 6.19. The van der Waals surface area contributed by atoms with Crippen molar-refractivity contribution in [2.45, 2.75) is 31.7 Å². The summed E-state index contributed by atoms with van der Waals surface area (Å²) in [6.07, 6.45) is 4.87. The number of carbonyl (C=O) groups is 1. The molecular weight excluding hydrogens is 333 g/mol. The fourth-order valence-corrected chi connectivity index (χ4v) is 3.50. The van der Waals surface area contributed by atoms with Crippen molar-refractivity contribution in [3.8, 4) is 0 Å². The van der Waals surface area contributed by atoms with Crippen LogP contribution in [0.25, 0.3) is 0 Å². The molecule has 2 atom stereocenters. The van der Waals surface area contributed by atoms with Gasteiger partial charge in [-0.15, -0.1) is 0 Å². The van der Waals surface area contributed by atoms with Gasteiger partial charge in [0.05, 0.1) is 6.26 Å². The number of benzene rings is 1. The van der Waals surface area contributed by atoms with Crippen LogP contribution in [0.15, 0.2) is 24.3 Å². The van der Waals surface area contributed by atoms with Gasteiger partial charge in [0.1, 0.15) is 5.82 Å². The first-order valence-corrected chi connectivity index (χ1v) is 9.96. The number of amides is 2. The molecule has 1 fully saturated rings. The first kappa shape index (κ1) is 18.7. The Bertz CT molecular complexity index is 649. The van der Waals surface area contributed by atoms with Gasteiger partial charge in [-0.05, 0) is 42.9 Å². The van der Waals surface area contributed by atoms with Crippen molar-refractivity contribution in [3.63, 3.8) is 0 Å². The van der Waals surface area contributed by atoms with Crippen molar-refractivity contribution in [2.75, 3.05) is 19.3 Å². The van der Waals surface area contributed by atoms with Crippen molar-refractivity contribution in [2.24, 2.45) is 5.92 Å². The molecule has 0 heterocycles. The van der Waals surface area contributed by atoms with Crippen LogP contribution in [0.2, 0.25) is 0 Å². The summed E-state index contributed by atoms with van der Waals surface area (Å²) in [6.45, 7) is 0.393. The third kappa shape index (κ3) is 6.45.